The molecule has 57 heavy (non-hydrogen) atoms. The number of hydrogen-bond donors (Lipinski definition) is 0. The maximum atomic E-state index is 13.3. The molecule has 0 saturated heterocycles. The van der Waals surface area contributed by atoms with Crippen molar-refractivity contribution < 1.29 is 23.9 Å². The zero-order valence-electron chi connectivity index (χ0n) is 39.1. The van der Waals surface area contributed by atoms with Crippen LogP contribution in [0.2, 0.25) is 0 Å². The Labute approximate surface area is 359 Å². The summed E-state index contributed by atoms with van der Waals surface area (Å²) in [4.78, 5) is 42.5. The van der Waals surface area contributed by atoms with E-state index in [1.807, 2.05) is 0 Å². The largest absolute Gasteiger partial charge is 0.466 e. The Morgan fingerprint density at radius 1 is 0.526 bits per heavy atom. The van der Waals surface area contributed by atoms with Gasteiger partial charge in [-0.2, -0.15) is 0 Å². The van der Waals surface area contributed by atoms with Crippen LogP contribution in [0.25, 0.3) is 0 Å². The molecule has 0 atom stereocenters. The number of nitrogens with zero attached hydrogens (tertiary/aromatic N) is 2. The quantitative estimate of drug-likeness (QED) is 0.0448. The van der Waals surface area contributed by atoms with Crippen LogP contribution in [0.5, 0.6) is 0 Å². The third kappa shape index (κ3) is 38.7. The molecular formula is C49H96N2O5S. The Morgan fingerprint density at radius 2 is 1.02 bits per heavy atom. The minimum atomic E-state index is -0.0578. The van der Waals surface area contributed by atoms with Gasteiger partial charge in [-0.05, 0) is 89.8 Å². The Hall–Kier alpha value is -1.28. The highest BCUT2D eigenvalue weighted by Gasteiger charge is 2.22. The minimum absolute atomic E-state index is 0.0265. The first-order valence-electron chi connectivity index (χ1n) is 24.4. The van der Waals surface area contributed by atoms with Crippen LogP contribution in [0.3, 0.4) is 0 Å². The summed E-state index contributed by atoms with van der Waals surface area (Å²) in [6.45, 7) is 15.1. The number of thioether (sulfide) groups is 1. The molecule has 0 N–H and O–H groups in total. The first-order valence-corrected chi connectivity index (χ1v) is 25.4. The van der Waals surface area contributed by atoms with Crippen molar-refractivity contribution in [3.8, 4) is 0 Å². The highest BCUT2D eigenvalue weighted by molar-refractivity contribution is 8.13. The SMILES string of the molecule is CCCCCCCCCOC(=O)CCCCC(C)(C)CCN(CCCCCCCC(=O)OCC(CCCCCCC)CCCCCCC)C(=O)SCCCN(C)C. The molecule has 0 aliphatic rings. The summed E-state index contributed by atoms with van der Waals surface area (Å²) in [5.41, 5.74) is 0.105. The van der Waals surface area contributed by atoms with E-state index >= 15 is 0 Å². The summed E-state index contributed by atoms with van der Waals surface area (Å²) < 4.78 is 11.3. The molecule has 0 aromatic carbocycles. The van der Waals surface area contributed by atoms with Gasteiger partial charge in [0.25, 0.3) is 5.24 Å². The highest BCUT2D eigenvalue weighted by atomic mass is 32.2. The van der Waals surface area contributed by atoms with E-state index in [1.165, 1.54) is 121 Å². The predicted molar refractivity (Wildman–Crippen MR) is 247 cm³/mol. The normalized spacial score (nSPS) is 11.8. The molecule has 8 heteroatoms. The molecule has 0 radical (unpaired) electrons. The third-order valence-electron chi connectivity index (χ3n) is 11.5. The Bertz CT molecular complexity index is 915. The van der Waals surface area contributed by atoms with Gasteiger partial charge in [-0.1, -0.05) is 175 Å². The molecule has 0 aromatic rings. The molecule has 0 aliphatic carbocycles. The lowest BCUT2D eigenvalue weighted by Crippen LogP contribution is -2.33. The van der Waals surface area contributed by atoms with E-state index in [-0.39, 0.29) is 22.6 Å². The molecule has 0 saturated carbocycles. The molecular weight excluding hydrogens is 729 g/mol. The summed E-state index contributed by atoms with van der Waals surface area (Å²) in [5, 5.41) is 0.205. The van der Waals surface area contributed by atoms with Gasteiger partial charge in [0.15, 0.2) is 0 Å². The molecule has 0 rings (SSSR count). The van der Waals surface area contributed by atoms with E-state index in [9.17, 15) is 14.4 Å². The molecule has 0 heterocycles. The van der Waals surface area contributed by atoms with Crippen LogP contribution in [0, 0.1) is 11.3 Å². The van der Waals surface area contributed by atoms with E-state index in [2.05, 4.69) is 58.5 Å². The van der Waals surface area contributed by atoms with Gasteiger partial charge < -0.3 is 19.3 Å². The molecule has 338 valence electrons. The third-order valence-corrected chi connectivity index (χ3v) is 12.5. The van der Waals surface area contributed by atoms with Crippen molar-refractivity contribution in [3.05, 3.63) is 0 Å². The van der Waals surface area contributed by atoms with Gasteiger partial charge in [0, 0.05) is 31.7 Å². The lowest BCUT2D eigenvalue weighted by Gasteiger charge is -2.29. The fourth-order valence-corrected chi connectivity index (χ4v) is 8.26. The Kier molecular flexibility index (Phi) is 39.2. The number of hydrogen-bond acceptors (Lipinski definition) is 7. The zero-order chi connectivity index (χ0) is 42.2. The number of carbonyl (C=O) groups excluding carboxylic acids is 3. The van der Waals surface area contributed by atoms with Gasteiger partial charge in [0.05, 0.1) is 13.2 Å². The lowest BCUT2D eigenvalue weighted by molar-refractivity contribution is -0.145. The van der Waals surface area contributed by atoms with Crippen LogP contribution < -0.4 is 0 Å². The lowest BCUT2D eigenvalue weighted by atomic mass is 9.83. The topological polar surface area (TPSA) is 76.1 Å². The van der Waals surface area contributed by atoms with Crippen molar-refractivity contribution in [1.29, 1.82) is 0 Å². The zero-order valence-corrected chi connectivity index (χ0v) is 39.9. The maximum absolute atomic E-state index is 13.3. The van der Waals surface area contributed by atoms with Crippen molar-refractivity contribution in [3.63, 3.8) is 0 Å². The van der Waals surface area contributed by atoms with E-state index in [0.717, 1.165) is 102 Å². The number of rotatable bonds is 42. The average molecular weight is 825 g/mol. The van der Waals surface area contributed by atoms with Gasteiger partial charge in [-0.25, -0.2) is 0 Å². The second kappa shape index (κ2) is 40.1. The second-order valence-corrected chi connectivity index (χ2v) is 19.2. The molecule has 1 amide bonds. The minimum Gasteiger partial charge on any atom is -0.466 e. The number of amides is 1. The highest BCUT2D eigenvalue weighted by Crippen LogP contribution is 2.29. The molecule has 0 unspecified atom stereocenters. The van der Waals surface area contributed by atoms with Crippen molar-refractivity contribution >= 4 is 28.9 Å². The van der Waals surface area contributed by atoms with Crippen LogP contribution in [-0.4, -0.2) is 79.7 Å². The van der Waals surface area contributed by atoms with E-state index in [4.69, 9.17) is 9.47 Å². The standard InChI is InChI=1S/C49H96N2O5S/c1-8-11-14-17-18-24-31-42-55-46(52)36-28-29-37-49(4,5)38-41-51(48(54)57-43-32-39-50(6)7)40-30-23-19-22-27-35-47(53)56-44-45(33-25-20-15-12-9-2)34-26-21-16-13-10-3/h45H,8-44H2,1-7H3. The van der Waals surface area contributed by atoms with Crippen molar-refractivity contribution in [2.75, 3.05) is 52.7 Å². The van der Waals surface area contributed by atoms with Crippen LogP contribution in [0.15, 0.2) is 0 Å². The first-order chi connectivity index (χ1) is 27.5. The molecule has 0 spiro atoms. The predicted octanol–water partition coefficient (Wildman–Crippen LogP) is 14.6. The average Bonchev–Trinajstić information content (AvgIpc) is 3.18. The number of unbranched alkanes of at least 4 members (excludes halogenated alkanes) is 19. The van der Waals surface area contributed by atoms with Crippen molar-refractivity contribution in [2.45, 2.75) is 234 Å². The molecule has 0 aliphatic heterocycles. The molecule has 7 nitrogen and oxygen atoms in total. The fraction of sp³-hybridized carbons (Fsp3) is 0.939. The summed E-state index contributed by atoms with van der Waals surface area (Å²) in [6.07, 6.45) is 34.8. The van der Waals surface area contributed by atoms with Gasteiger partial charge in [0.1, 0.15) is 0 Å². The number of esters is 2. The van der Waals surface area contributed by atoms with Crippen LogP contribution in [0.1, 0.15) is 234 Å². The van der Waals surface area contributed by atoms with Gasteiger partial charge in [-0.3, -0.25) is 14.4 Å². The molecule has 0 bridgehead atoms. The molecule has 0 fully saturated rings. The first kappa shape index (κ1) is 55.7. The van der Waals surface area contributed by atoms with E-state index < -0.39 is 0 Å². The molecule has 0 aromatic heterocycles. The summed E-state index contributed by atoms with van der Waals surface area (Å²) in [6, 6.07) is 0. The van der Waals surface area contributed by atoms with Crippen molar-refractivity contribution in [2.24, 2.45) is 11.3 Å². The number of carbonyl (C=O) groups is 3. The van der Waals surface area contributed by atoms with E-state index in [1.54, 1.807) is 0 Å². The monoisotopic (exact) mass is 825 g/mol. The van der Waals surface area contributed by atoms with Gasteiger partial charge in [0.2, 0.25) is 0 Å². The smallest absolute Gasteiger partial charge is 0.305 e. The van der Waals surface area contributed by atoms with Crippen LogP contribution >= 0.6 is 11.8 Å². The van der Waals surface area contributed by atoms with Gasteiger partial charge >= 0.3 is 11.9 Å². The van der Waals surface area contributed by atoms with E-state index in [0.29, 0.717) is 32.0 Å². The second-order valence-electron chi connectivity index (χ2n) is 18.2. The Balaban J connectivity index is 4.55. The van der Waals surface area contributed by atoms with Crippen LogP contribution in [-0.2, 0) is 19.1 Å². The van der Waals surface area contributed by atoms with Crippen LogP contribution in [0.4, 0.5) is 4.79 Å². The van der Waals surface area contributed by atoms with Gasteiger partial charge in [-0.15, -0.1) is 0 Å². The summed E-state index contributed by atoms with van der Waals surface area (Å²) >= 11 is 1.47. The summed E-state index contributed by atoms with van der Waals surface area (Å²) in [7, 11) is 4.15. The van der Waals surface area contributed by atoms with Crippen molar-refractivity contribution in [1.82, 2.24) is 9.80 Å². The fourth-order valence-electron chi connectivity index (χ4n) is 7.45. The maximum Gasteiger partial charge on any atom is 0.305 e. The number of ether oxygens (including phenoxy) is 2. The Morgan fingerprint density at radius 3 is 1.60 bits per heavy atom. The summed E-state index contributed by atoms with van der Waals surface area (Å²) in [5.74, 6) is 1.28.